The topological polar surface area (TPSA) is 63.2 Å². The average molecular weight is 312 g/mol. The Balaban J connectivity index is 1.82. The lowest BCUT2D eigenvalue weighted by molar-refractivity contribution is 0.234. The molecule has 2 N–H and O–H groups in total. The molecule has 0 aliphatic rings. The fourth-order valence-corrected chi connectivity index (χ4v) is 2.23. The number of hydrogen-bond acceptors (Lipinski definition) is 4. The normalized spacial score (nSPS) is 10.2. The van der Waals surface area contributed by atoms with Crippen LogP contribution in [0.25, 0.3) is 0 Å². The summed E-state index contributed by atoms with van der Waals surface area (Å²) in [6.07, 6.45) is 1.62. The standard InChI is InChI=1S/C13H14ClN3O2S/c1-8-5-10(6-9(2)11(8)14)19-7-16-12(18)17-13-15-3-4-20-13/h3-6H,7H2,1-2H3,(H2,15,16,17,18). The van der Waals surface area contributed by atoms with Crippen LogP contribution in [0.5, 0.6) is 5.75 Å². The van der Waals surface area contributed by atoms with Gasteiger partial charge in [-0.05, 0) is 37.1 Å². The van der Waals surface area contributed by atoms with E-state index in [2.05, 4.69) is 15.6 Å². The van der Waals surface area contributed by atoms with E-state index in [0.29, 0.717) is 10.9 Å². The molecule has 0 fully saturated rings. The number of thiazole rings is 1. The van der Waals surface area contributed by atoms with Crippen molar-refractivity contribution >= 4 is 34.1 Å². The van der Waals surface area contributed by atoms with Crippen LogP contribution in [0.1, 0.15) is 11.1 Å². The number of ether oxygens (including phenoxy) is 1. The van der Waals surface area contributed by atoms with Crippen LogP contribution in [0, 0.1) is 13.8 Å². The Morgan fingerprint density at radius 2 is 2.10 bits per heavy atom. The van der Waals surface area contributed by atoms with Crippen molar-refractivity contribution in [3.63, 3.8) is 0 Å². The molecule has 2 aromatic rings. The van der Waals surface area contributed by atoms with E-state index in [0.717, 1.165) is 16.1 Å². The molecular formula is C13H14ClN3O2S. The number of nitrogens with one attached hydrogen (secondary N) is 2. The highest BCUT2D eigenvalue weighted by molar-refractivity contribution is 7.13. The van der Waals surface area contributed by atoms with Crippen molar-refractivity contribution in [2.45, 2.75) is 13.8 Å². The van der Waals surface area contributed by atoms with Gasteiger partial charge in [0.25, 0.3) is 0 Å². The van der Waals surface area contributed by atoms with Crippen LogP contribution >= 0.6 is 22.9 Å². The number of aryl methyl sites for hydroxylation is 2. The number of anilines is 1. The molecule has 1 heterocycles. The number of nitrogens with zero attached hydrogens (tertiary/aromatic N) is 1. The van der Waals surface area contributed by atoms with Gasteiger partial charge in [-0.3, -0.25) is 5.32 Å². The first kappa shape index (κ1) is 14.6. The van der Waals surface area contributed by atoms with Crippen LogP contribution in [-0.4, -0.2) is 17.7 Å². The number of carbonyl (C=O) groups excluding carboxylic acids is 1. The van der Waals surface area contributed by atoms with Gasteiger partial charge < -0.3 is 10.1 Å². The van der Waals surface area contributed by atoms with Crippen molar-refractivity contribution in [1.82, 2.24) is 10.3 Å². The molecule has 0 saturated carbocycles. The molecule has 0 aliphatic heterocycles. The van der Waals surface area contributed by atoms with Gasteiger partial charge in [0.2, 0.25) is 0 Å². The second-order valence-corrected chi connectivity index (χ2v) is 5.40. The van der Waals surface area contributed by atoms with Crippen LogP contribution in [0.2, 0.25) is 5.02 Å². The molecule has 0 saturated heterocycles. The molecule has 0 spiro atoms. The van der Waals surface area contributed by atoms with E-state index in [4.69, 9.17) is 16.3 Å². The van der Waals surface area contributed by atoms with E-state index in [1.807, 2.05) is 26.0 Å². The molecule has 20 heavy (non-hydrogen) atoms. The number of hydrogen-bond donors (Lipinski definition) is 2. The van der Waals surface area contributed by atoms with E-state index in [1.54, 1.807) is 11.6 Å². The molecule has 1 aromatic heterocycles. The van der Waals surface area contributed by atoms with Crippen molar-refractivity contribution in [2.75, 3.05) is 12.0 Å². The Bertz CT molecular complexity index is 579. The minimum absolute atomic E-state index is 0.0672. The summed E-state index contributed by atoms with van der Waals surface area (Å²) >= 11 is 7.42. The first-order valence-corrected chi connectivity index (χ1v) is 7.16. The first-order chi connectivity index (χ1) is 9.56. The molecule has 0 bridgehead atoms. The number of carbonyl (C=O) groups is 1. The van der Waals surface area contributed by atoms with Gasteiger partial charge in [0.15, 0.2) is 11.9 Å². The minimum atomic E-state index is -0.359. The molecule has 2 rings (SSSR count). The maximum atomic E-state index is 11.5. The van der Waals surface area contributed by atoms with E-state index in [9.17, 15) is 4.79 Å². The molecule has 5 nitrogen and oxygen atoms in total. The number of rotatable bonds is 4. The third-order valence-electron chi connectivity index (χ3n) is 2.53. The molecule has 0 radical (unpaired) electrons. The lowest BCUT2D eigenvalue weighted by Gasteiger charge is -2.10. The number of halogens is 1. The molecule has 2 amide bonds. The van der Waals surface area contributed by atoms with Crippen LogP contribution in [0.3, 0.4) is 0 Å². The maximum absolute atomic E-state index is 11.5. The molecule has 7 heteroatoms. The van der Waals surface area contributed by atoms with Gasteiger partial charge in [-0.1, -0.05) is 11.6 Å². The lowest BCUT2D eigenvalue weighted by atomic mass is 10.1. The van der Waals surface area contributed by atoms with E-state index in [1.165, 1.54) is 11.3 Å². The summed E-state index contributed by atoms with van der Waals surface area (Å²) in [7, 11) is 0. The number of aromatic nitrogens is 1. The van der Waals surface area contributed by atoms with Crippen molar-refractivity contribution in [3.05, 3.63) is 39.9 Å². The second kappa shape index (κ2) is 6.58. The number of amides is 2. The first-order valence-electron chi connectivity index (χ1n) is 5.90. The predicted octanol–water partition coefficient (Wildman–Crippen LogP) is 3.57. The fraction of sp³-hybridized carbons (Fsp3) is 0.231. The van der Waals surface area contributed by atoms with Crippen molar-refractivity contribution in [3.8, 4) is 5.75 Å². The van der Waals surface area contributed by atoms with Gasteiger partial charge in [-0.25, -0.2) is 9.78 Å². The summed E-state index contributed by atoms with van der Waals surface area (Å²) in [6, 6.07) is 3.30. The smallest absolute Gasteiger partial charge is 0.323 e. The molecule has 0 unspecified atom stereocenters. The zero-order valence-electron chi connectivity index (χ0n) is 11.1. The highest BCUT2D eigenvalue weighted by Crippen LogP contribution is 2.25. The summed E-state index contributed by atoms with van der Waals surface area (Å²) in [5, 5.41) is 8.23. The molecule has 1 aromatic carbocycles. The Morgan fingerprint density at radius 3 is 2.70 bits per heavy atom. The Kier molecular flexibility index (Phi) is 4.81. The quantitative estimate of drug-likeness (QED) is 0.848. The predicted molar refractivity (Wildman–Crippen MR) is 80.7 cm³/mol. The van der Waals surface area contributed by atoms with Crippen LogP contribution in [0.4, 0.5) is 9.93 Å². The van der Waals surface area contributed by atoms with Gasteiger partial charge in [-0.2, -0.15) is 0 Å². The lowest BCUT2D eigenvalue weighted by Crippen LogP contribution is -2.31. The zero-order valence-corrected chi connectivity index (χ0v) is 12.6. The Morgan fingerprint density at radius 1 is 1.40 bits per heavy atom. The molecule has 0 aliphatic carbocycles. The SMILES string of the molecule is Cc1cc(OCNC(=O)Nc2nccs2)cc(C)c1Cl. The van der Waals surface area contributed by atoms with Crippen molar-refractivity contribution in [2.24, 2.45) is 0 Å². The van der Waals surface area contributed by atoms with Crippen LogP contribution in [0.15, 0.2) is 23.7 Å². The summed E-state index contributed by atoms with van der Waals surface area (Å²) in [6.45, 7) is 3.88. The summed E-state index contributed by atoms with van der Waals surface area (Å²) in [4.78, 5) is 15.5. The van der Waals surface area contributed by atoms with E-state index in [-0.39, 0.29) is 12.8 Å². The fourth-order valence-electron chi connectivity index (χ4n) is 1.60. The van der Waals surface area contributed by atoms with Gasteiger partial charge in [0, 0.05) is 16.6 Å². The molecule has 106 valence electrons. The van der Waals surface area contributed by atoms with Crippen molar-refractivity contribution < 1.29 is 9.53 Å². The highest BCUT2D eigenvalue weighted by Gasteiger charge is 2.05. The Hall–Kier alpha value is -1.79. The van der Waals surface area contributed by atoms with Gasteiger partial charge in [-0.15, -0.1) is 11.3 Å². The van der Waals surface area contributed by atoms with Gasteiger partial charge in [0.05, 0.1) is 0 Å². The summed E-state index contributed by atoms with van der Waals surface area (Å²) in [5.41, 5.74) is 1.88. The van der Waals surface area contributed by atoms with E-state index < -0.39 is 0 Å². The largest absolute Gasteiger partial charge is 0.473 e. The monoisotopic (exact) mass is 311 g/mol. The Labute approximate surface area is 125 Å². The minimum Gasteiger partial charge on any atom is -0.473 e. The molecule has 0 atom stereocenters. The third kappa shape index (κ3) is 3.85. The second-order valence-electron chi connectivity index (χ2n) is 4.13. The highest BCUT2D eigenvalue weighted by atomic mass is 35.5. The summed E-state index contributed by atoms with van der Waals surface area (Å²) < 4.78 is 5.46. The van der Waals surface area contributed by atoms with Crippen LogP contribution in [-0.2, 0) is 0 Å². The van der Waals surface area contributed by atoms with Gasteiger partial charge >= 0.3 is 6.03 Å². The third-order valence-corrected chi connectivity index (χ3v) is 3.82. The van der Waals surface area contributed by atoms with Gasteiger partial charge in [0.1, 0.15) is 5.75 Å². The maximum Gasteiger partial charge on any atom is 0.323 e. The number of benzene rings is 1. The van der Waals surface area contributed by atoms with Crippen molar-refractivity contribution in [1.29, 1.82) is 0 Å². The van der Waals surface area contributed by atoms with E-state index >= 15 is 0 Å². The molecular weight excluding hydrogens is 298 g/mol. The van der Waals surface area contributed by atoms with Crippen LogP contribution < -0.4 is 15.4 Å². The number of urea groups is 1. The summed E-state index contributed by atoms with van der Waals surface area (Å²) in [5.74, 6) is 0.666. The average Bonchev–Trinajstić information content (AvgIpc) is 2.88. The zero-order chi connectivity index (χ0) is 14.5.